The number of nitrogens with zero attached hydrogens (tertiary/aromatic N) is 3. The maximum Gasteiger partial charge on any atom is 0.268 e. The molecule has 25 heavy (non-hydrogen) atoms. The van der Waals surface area contributed by atoms with E-state index in [1.54, 1.807) is 13.2 Å². The van der Waals surface area contributed by atoms with Crippen LogP contribution in [0.2, 0.25) is 0 Å². The summed E-state index contributed by atoms with van der Waals surface area (Å²) in [5.74, 6) is 0. The highest BCUT2D eigenvalue weighted by molar-refractivity contribution is 5.94. The van der Waals surface area contributed by atoms with Gasteiger partial charge in [-0.05, 0) is 19.8 Å². The van der Waals surface area contributed by atoms with Crippen LogP contribution < -0.4 is 15.2 Å². The molecule has 1 N–H and O–H groups in total. The van der Waals surface area contributed by atoms with Crippen LogP contribution in [0.15, 0.2) is 17.1 Å². The summed E-state index contributed by atoms with van der Waals surface area (Å²) in [6, 6.07) is 3.81. The number of pyridine rings is 2. The number of aromatic nitrogens is 2. The summed E-state index contributed by atoms with van der Waals surface area (Å²) >= 11 is 0. The van der Waals surface area contributed by atoms with Crippen LogP contribution in [0.1, 0.15) is 37.9 Å². The van der Waals surface area contributed by atoms with Crippen molar-refractivity contribution < 1.29 is 9.47 Å². The number of methoxy groups -OCH3 is 1. The Morgan fingerprint density at radius 1 is 1.48 bits per heavy atom. The monoisotopic (exact) mass is 342 g/mol. The Hall–Kier alpha value is -2.59. The molecule has 0 radical (unpaired) electrons. The third kappa shape index (κ3) is 2.94. The molecule has 0 saturated carbocycles. The van der Waals surface area contributed by atoms with Gasteiger partial charge in [-0.2, -0.15) is 9.99 Å². The van der Waals surface area contributed by atoms with E-state index in [0.717, 1.165) is 23.0 Å². The number of H-pyrrole nitrogens is 1. The predicted octanol–water partition coefficient (Wildman–Crippen LogP) is 1.60. The minimum absolute atomic E-state index is 0.0965. The third-order valence-electron chi connectivity index (χ3n) is 5.20. The van der Waals surface area contributed by atoms with Crippen molar-refractivity contribution in [2.45, 2.75) is 38.7 Å². The molecule has 0 aliphatic carbocycles. The number of ether oxygens (including phenoxy) is 1. The van der Waals surface area contributed by atoms with E-state index in [0.29, 0.717) is 36.4 Å². The van der Waals surface area contributed by atoms with Crippen molar-refractivity contribution in [3.05, 3.63) is 39.1 Å². The zero-order valence-corrected chi connectivity index (χ0v) is 14.8. The van der Waals surface area contributed by atoms with Gasteiger partial charge >= 0.3 is 0 Å². The molecule has 7 nitrogen and oxygen atoms in total. The van der Waals surface area contributed by atoms with E-state index >= 15 is 0 Å². The van der Waals surface area contributed by atoms with Gasteiger partial charge in [-0.15, -0.1) is 0 Å². The summed E-state index contributed by atoms with van der Waals surface area (Å²) in [6.07, 6.45) is 3.56. The molecule has 2 aromatic heterocycles. The molecular formula is C18H22N4O3. The first kappa shape index (κ1) is 17.2. The minimum Gasteiger partial charge on any atom is -0.618 e. The molecule has 1 fully saturated rings. The van der Waals surface area contributed by atoms with Crippen LogP contribution >= 0.6 is 0 Å². The van der Waals surface area contributed by atoms with Gasteiger partial charge in [-0.25, -0.2) is 0 Å². The van der Waals surface area contributed by atoms with Crippen molar-refractivity contribution in [1.82, 2.24) is 4.98 Å². The number of nitriles is 1. The van der Waals surface area contributed by atoms with Gasteiger partial charge in [0, 0.05) is 38.1 Å². The van der Waals surface area contributed by atoms with Crippen molar-refractivity contribution in [3.8, 4) is 6.07 Å². The molecule has 0 aromatic carbocycles. The Morgan fingerprint density at radius 3 is 2.72 bits per heavy atom. The quantitative estimate of drug-likeness (QED) is 0.675. The van der Waals surface area contributed by atoms with E-state index in [1.165, 1.54) is 6.20 Å². The molecule has 3 heterocycles. The number of hydrogen-bond donors (Lipinski definition) is 1. The number of piperidine rings is 1. The normalized spacial score (nSPS) is 16.8. The summed E-state index contributed by atoms with van der Waals surface area (Å²) in [5, 5.41) is 22.3. The SMILES string of the molecule is CCc1cc2c(N3CCC(C)(OC)CC3)c(C#N)c(=O)[nH]c2c[n+]1[O-]. The predicted molar refractivity (Wildman–Crippen MR) is 94.5 cm³/mol. The lowest BCUT2D eigenvalue weighted by Gasteiger charge is -2.40. The minimum atomic E-state index is -0.464. The van der Waals surface area contributed by atoms with Crippen molar-refractivity contribution in [2.75, 3.05) is 25.1 Å². The topological polar surface area (TPSA) is 96.1 Å². The summed E-state index contributed by atoms with van der Waals surface area (Å²) < 4.78 is 6.35. The van der Waals surface area contributed by atoms with Gasteiger partial charge in [-0.1, -0.05) is 6.92 Å². The van der Waals surface area contributed by atoms with Gasteiger partial charge in [0.05, 0.1) is 11.3 Å². The molecule has 0 bridgehead atoms. The van der Waals surface area contributed by atoms with E-state index in [9.17, 15) is 15.3 Å². The first-order valence-electron chi connectivity index (χ1n) is 8.44. The van der Waals surface area contributed by atoms with Gasteiger partial charge in [0.2, 0.25) is 6.20 Å². The zero-order valence-electron chi connectivity index (χ0n) is 14.8. The summed E-state index contributed by atoms with van der Waals surface area (Å²) in [5.41, 5.74) is 1.12. The van der Waals surface area contributed by atoms with Gasteiger partial charge < -0.3 is 19.8 Å². The second kappa shape index (κ2) is 6.37. The Bertz CT molecular complexity index is 905. The second-order valence-corrected chi connectivity index (χ2v) is 6.70. The van der Waals surface area contributed by atoms with E-state index in [2.05, 4.69) is 16.8 Å². The highest BCUT2D eigenvalue weighted by Gasteiger charge is 2.32. The summed E-state index contributed by atoms with van der Waals surface area (Å²) in [4.78, 5) is 17.1. The number of rotatable bonds is 3. The molecule has 1 saturated heterocycles. The maximum atomic E-state index is 12.3. The lowest BCUT2D eigenvalue weighted by atomic mass is 9.92. The van der Waals surface area contributed by atoms with E-state index in [1.807, 2.05) is 13.0 Å². The summed E-state index contributed by atoms with van der Waals surface area (Å²) in [6.45, 7) is 5.34. The van der Waals surface area contributed by atoms with Crippen molar-refractivity contribution >= 4 is 16.6 Å². The largest absolute Gasteiger partial charge is 0.618 e. The fraction of sp³-hybridized carbons (Fsp3) is 0.500. The Kier molecular flexibility index (Phi) is 4.39. The van der Waals surface area contributed by atoms with Crippen molar-refractivity contribution in [2.24, 2.45) is 0 Å². The zero-order chi connectivity index (χ0) is 18.2. The van der Waals surface area contributed by atoms with Crippen LogP contribution in [-0.4, -0.2) is 30.8 Å². The summed E-state index contributed by atoms with van der Waals surface area (Å²) in [7, 11) is 1.71. The van der Waals surface area contributed by atoms with Gasteiger partial charge in [0.25, 0.3) is 5.56 Å². The highest BCUT2D eigenvalue weighted by atomic mass is 16.5. The van der Waals surface area contributed by atoms with Crippen LogP contribution in [-0.2, 0) is 11.2 Å². The van der Waals surface area contributed by atoms with Crippen LogP contribution in [0.5, 0.6) is 0 Å². The molecular weight excluding hydrogens is 320 g/mol. The molecule has 132 valence electrons. The molecule has 0 amide bonds. The molecule has 2 aromatic rings. The maximum absolute atomic E-state index is 12.3. The number of aryl methyl sites for hydroxylation is 1. The Balaban J connectivity index is 2.19. The number of hydrogen-bond acceptors (Lipinski definition) is 5. The molecule has 3 rings (SSSR count). The van der Waals surface area contributed by atoms with Crippen LogP contribution in [0, 0.1) is 16.5 Å². The van der Waals surface area contributed by atoms with Crippen molar-refractivity contribution in [1.29, 1.82) is 5.26 Å². The van der Waals surface area contributed by atoms with Gasteiger partial charge in [0.15, 0.2) is 5.69 Å². The molecule has 7 heteroatoms. The van der Waals surface area contributed by atoms with Gasteiger partial charge in [0.1, 0.15) is 17.1 Å². The number of aromatic amines is 1. The van der Waals surface area contributed by atoms with Crippen LogP contribution in [0.3, 0.4) is 0 Å². The Morgan fingerprint density at radius 2 is 2.16 bits per heavy atom. The average molecular weight is 342 g/mol. The molecule has 0 unspecified atom stereocenters. The molecule has 0 spiro atoms. The molecule has 1 aliphatic heterocycles. The van der Waals surface area contributed by atoms with E-state index in [4.69, 9.17) is 4.74 Å². The molecule has 0 atom stereocenters. The highest BCUT2D eigenvalue weighted by Crippen LogP contribution is 2.33. The van der Waals surface area contributed by atoms with Gasteiger partial charge in [-0.3, -0.25) is 4.79 Å². The first-order valence-corrected chi connectivity index (χ1v) is 8.44. The standard InChI is InChI=1S/C18H22N4O3/c1-4-12-9-13-15(11-22(12)24)20-17(23)14(10-19)16(13)21-7-5-18(2,25-3)6-8-21/h9,11H,4-8H2,1-3H3,(H,20,23). The van der Waals surface area contributed by atoms with Crippen molar-refractivity contribution in [3.63, 3.8) is 0 Å². The Labute approximate surface area is 146 Å². The lowest BCUT2D eigenvalue weighted by Crippen LogP contribution is -2.44. The third-order valence-corrected chi connectivity index (χ3v) is 5.20. The molecule has 1 aliphatic rings. The number of fused-ring (bicyclic) bond motifs is 1. The first-order chi connectivity index (χ1) is 11.9. The van der Waals surface area contributed by atoms with E-state index in [-0.39, 0.29) is 11.2 Å². The number of nitrogens with one attached hydrogen (secondary N) is 1. The smallest absolute Gasteiger partial charge is 0.268 e. The lowest BCUT2D eigenvalue weighted by molar-refractivity contribution is -0.612. The fourth-order valence-corrected chi connectivity index (χ4v) is 3.40. The second-order valence-electron chi connectivity index (χ2n) is 6.70. The van der Waals surface area contributed by atoms with Crippen LogP contribution in [0.4, 0.5) is 5.69 Å². The average Bonchev–Trinajstić information content (AvgIpc) is 2.61. The van der Waals surface area contributed by atoms with Crippen LogP contribution in [0.25, 0.3) is 10.9 Å². The van der Waals surface area contributed by atoms with E-state index < -0.39 is 5.56 Å². The number of anilines is 1. The fourth-order valence-electron chi connectivity index (χ4n) is 3.40.